The van der Waals surface area contributed by atoms with Gasteiger partial charge in [-0.05, 0) is 23.8 Å². The molecule has 5 rings (SSSR count). The zero-order valence-corrected chi connectivity index (χ0v) is 17.0. The van der Waals surface area contributed by atoms with E-state index in [1.807, 2.05) is 66.9 Å². The molecule has 5 aromatic rings. The zero-order chi connectivity index (χ0) is 19.6. The van der Waals surface area contributed by atoms with Gasteiger partial charge in [-0.25, -0.2) is 15.0 Å². The molecule has 4 heteroatoms. The topological polar surface area (TPSA) is 38.7 Å². The van der Waals surface area contributed by atoms with Crippen LogP contribution in [0, 0.1) is 0 Å². The van der Waals surface area contributed by atoms with Crippen molar-refractivity contribution in [1.29, 1.82) is 0 Å². The van der Waals surface area contributed by atoms with Gasteiger partial charge in [-0.3, -0.25) is 0 Å². The highest BCUT2D eigenvalue weighted by Gasteiger charge is 2.13. The normalized spacial score (nSPS) is 10.9. The molecule has 138 valence electrons. The van der Waals surface area contributed by atoms with Crippen LogP contribution < -0.4 is 0 Å². The summed E-state index contributed by atoms with van der Waals surface area (Å²) in [7, 11) is 0. The van der Waals surface area contributed by atoms with Crippen molar-refractivity contribution in [3.63, 3.8) is 0 Å². The average molecular weight is 438 g/mol. The minimum atomic E-state index is 0.670. The highest BCUT2D eigenvalue weighted by Crippen LogP contribution is 2.31. The van der Waals surface area contributed by atoms with Crippen LogP contribution in [-0.2, 0) is 0 Å². The summed E-state index contributed by atoms with van der Waals surface area (Å²) in [6, 6.07) is 30.6. The van der Waals surface area contributed by atoms with Crippen molar-refractivity contribution in [3.8, 4) is 33.8 Å². The quantitative estimate of drug-likeness (QED) is 0.311. The smallest absolute Gasteiger partial charge is 0.163 e. The van der Waals surface area contributed by atoms with Crippen LogP contribution in [0.3, 0.4) is 0 Å². The molecule has 0 aliphatic rings. The van der Waals surface area contributed by atoms with E-state index in [1.54, 1.807) is 0 Å². The van der Waals surface area contributed by atoms with Crippen molar-refractivity contribution in [1.82, 2.24) is 15.0 Å². The summed E-state index contributed by atoms with van der Waals surface area (Å²) in [5, 5.41) is 0.943. The van der Waals surface area contributed by atoms with E-state index in [0.717, 1.165) is 37.8 Å². The first-order valence-electron chi connectivity index (χ1n) is 9.32. The molecule has 2 aromatic heterocycles. The predicted molar refractivity (Wildman–Crippen MR) is 121 cm³/mol. The molecule has 29 heavy (non-hydrogen) atoms. The van der Waals surface area contributed by atoms with E-state index < -0.39 is 0 Å². The number of fused-ring (bicyclic) bond motifs is 1. The third-order valence-electron chi connectivity index (χ3n) is 4.81. The van der Waals surface area contributed by atoms with Gasteiger partial charge in [0, 0.05) is 32.7 Å². The number of hydrogen-bond donors (Lipinski definition) is 0. The molecule has 0 fully saturated rings. The number of pyridine rings is 1. The molecule has 0 aliphatic carbocycles. The molecule has 0 aliphatic heterocycles. The minimum Gasteiger partial charge on any atom is -0.236 e. The molecule has 0 bridgehead atoms. The Morgan fingerprint density at radius 1 is 0.586 bits per heavy atom. The van der Waals surface area contributed by atoms with Crippen molar-refractivity contribution in [2.24, 2.45) is 0 Å². The van der Waals surface area contributed by atoms with Crippen LogP contribution >= 0.6 is 15.9 Å². The number of benzene rings is 3. The van der Waals surface area contributed by atoms with Crippen LogP contribution in [0.2, 0.25) is 0 Å². The van der Waals surface area contributed by atoms with Gasteiger partial charge in [-0.15, -0.1) is 0 Å². The summed E-state index contributed by atoms with van der Waals surface area (Å²) in [6.45, 7) is 0. The lowest BCUT2D eigenvalue weighted by Gasteiger charge is -2.10. The van der Waals surface area contributed by atoms with Crippen LogP contribution in [0.15, 0.2) is 102 Å². The fourth-order valence-corrected chi connectivity index (χ4v) is 3.61. The zero-order valence-electron chi connectivity index (χ0n) is 15.5. The Morgan fingerprint density at radius 3 is 1.93 bits per heavy atom. The number of rotatable bonds is 3. The Bertz CT molecular complexity index is 1280. The van der Waals surface area contributed by atoms with E-state index in [1.165, 1.54) is 0 Å². The Kier molecular flexibility index (Phi) is 4.62. The molecule has 0 atom stereocenters. The predicted octanol–water partition coefficient (Wildman–Crippen LogP) is 6.79. The van der Waals surface area contributed by atoms with Crippen molar-refractivity contribution < 1.29 is 0 Å². The maximum Gasteiger partial charge on any atom is 0.163 e. The van der Waals surface area contributed by atoms with Crippen LogP contribution in [-0.4, -0.2) is 15.0 Å². The number of hydrogen-bond acceptors (Lipinski definition) is 3. The number of aromatic nitrogens is 3. The van der Waals surface area contributed by atoms with Crippen molar-refractivity contribution in [2.45, 2.75) is 0 Å². The molecule has 0 unspecified atom stereocenters. The molecule has 3 aromatic carbocycles. The average Bonchev–Trinajstić information content (AvgIpc) is 2.80. The minimum absolute atomic E-state index is 0.670. The van der Waals surface area contributed by atoms with E-state index in [9.17, 15) is 0 Å². The van der Waals surface area contributed by atoms with E-state index in [4.69, 9.17) is 9.97 Å². The molecule has 0 radical (unpaired) electrons. The van der Waals surface area contributed by atoms with Crippen molar-refractivity contribution >= 4 is 27.0 Å². The summed E-state index contributed by atoms with van der Waals surface area (Å²) in [5.74, 6) is 0.670. The fourth-order valence-electron chi connectivity index (χ4n) is 3.34. The first kappa shape index (κ1) is 17.7. The molecule has 0 saturated heterocycles. The Labute approximate surface area is 177 Å². The highest BCUT2D eigenvalue weighted by molar-refractivity contribution is 9.10. The van der Waals surface area contributed by atoms with Crippen molar-refractivity contribution in [3.05, 3.63) is 102 Å². The molecular weight excluding hydrogens is 422 g/mol. The van der Waals surface area contributed by atoms with Gasteiger partial charge in [0.05, 0.1) is 5.69 Å². The van der Waals surface area contributed by atoms with E-state index in [-0.39, 0.29) is 0 Å². The van der Waals surface area contributed by atoms with Gasteiger partial charge in [-0.2, -0.15) is 0 Å². The summed E-state index contributed by atoms with van der Waals surface area (Å²) in [4.78, 5) is 14.4. The first-order chi connectivity index (χ1) is 14.3. The van der Waals surface area contributed by atoms with Gasteiger partial charge < -0.3 is 0 Å². The third kappa shape index (κ3) is 3.55. The van der Waals surface area contributed by atoms with Crippen LogP contribution in [0.5, 0.6) is 0 Å². The van der Waals surface area contributed by atoms with E-state index in [0.29, 0.717) is 11.5 Å². The van der Waals surface area contributed by atoms with Gasteiger partial charge in [0.1, 0.15) is 0 Å². The van der Waals surface area contributed by atoms with Gasteiger partial charge in [0.2, 0.25) is 0 Å². The lowest BCUT2D eigenvalue weighted by molar-refractivity contribution is 1.19. The van der Waals surface area contributed by atoms with Crippen LogP contribution in [0.1, 0.15) is 0 Å². The summed E-state index contributed by atoms with van der Waals surface area (Å²) in [5.41, 5.74) is 5.76. The number of halogens is 1. The van der Waals surface area contributed by atoms with Gasteiger partial charge in [0.25, 0.3) is 0 Å². The molecule has 3 nitrogen and oxygen atoms in total. The first-order valence-corrected chi connectivity index (χ1v) is 10.1. The number of nitrogens with zero attached hydrogens (tertiary/aromatic N) is 3. The third-order valence-corrected chi connectivity index (χ3v) is 5.34. The van der Waals surface area contributed by atoms with Crippen LogP contribution in [0.25, 0.3) is 44.8 Å². The second-order valence-corrected chi connectivity index (χ2v) is 7.65. The molecule has 0 amide bonds. The summed E-state index contributed by atoms with van der Waals surface area (Å²) >= 11 is 3.49. The Morgan fingerprint density at radius 2 is 1.24 bits per heavy atom. The Hall–Kier alpha value is -3.37. The van der Waals surface area contributed by atoms with Crippen molar-refractivity contribution in [2.75, 3.05) is 0 Å². The summed E-state index contributed by atoms with van der Waals surface area (Å²) in [6.07, 6.45) is 1.88. The largest absolute Gasteiger partial charge is 0.236 e. The van der Waals surface area contributed by atoms with E-state index >= 15 is 0 Å². The van der Waals surface area contributed by atoms with Gasteiger partial charge >= 0.3 is 0 Å². The molecule has 0 saturated carbocycles. The lowest BCUT2D eigenvalue weighted by atomic mass is 10.0. The molecule has 2 heterocycles. The SMILES string of the molecule is Brc1ccc(-c2nc(-c3ccccc3)c3cc(-c4ccccc4)cnc3n2)cc1. The summed E-state index contributed by atoms with van der Waals surface area (Å²) < 4.78 is 1.02. The fraction of sp³-hybridized carbons (Fsp3) is 0. The second-order valence-electron chi connectivity index (χ2n) is 6.73. The van der Waals surface area contributed by atoms with Crippen LogP contribution in [0.4, 0.5) is 0 Å². The Balaban J connectivity index is 1.76. The van der Waals surface area contributed by atoms with E-state index in [2.05, 4.69) is 51.2 Å². The second kappa shape index (κ2) is 7.57. The molecular formula is C25H16BrN3. The lowest BCUT2D eigenvalue weighted by Crippen LogP contribution is -1.97. The molecule has 0 spiro atoms. The highest BCUT2D eigenvalue weighted by atomic mass is 79.9. The monoisotopic (exact) mass is 437 g/mol. The maximum atomic E-state index is 4.94. The standard InChI is InChI=1S/C25H16BrN3/c26-21-13-11-19(12-14-21)24-28-23(18-9-5-2-6-10-18)22-15-20(16-27-25(22)29-24)17-7-3-1-4-8-17/h1-16H. The molecule has 0 N–H and O–H groups in total. The maximum absolute atomic E-state index is 4.94. The van der Waals surface area contributed by atoms with Gasteiger partial charge in [0.15, 0.2) is 11.5 Å². The van der Waals surface area contributed by atoms with Gasteiger partial charge in [-0.1, -0.05) is 88.7 Å².